The van der Waals surface area contributed by atoms with Crippen LogP contribution in [0.5, 0.6) is 0 Å². The molecule has 2 aliphatic heterocycles. The topological polar surface area (TPSA) is 79.3 Å². The number of amides is 3. The van der Waals surface area contributed by atoms with Crippen LogP contribution in [0, 0.1) is 12.8 Å². The lowest BCUT2D eigenvalue weighted by molar-refractivity contribution is -0.124. The lowest BCUT2D eigenvalue weighted by atomic mass is 9.99. The minimum atomic E-state index is -0.170. The van der Waals surface area contributed by atoms with Crippen LogP contribution in [0.25, 0.3) is 5.69 Å². The molecule has 2 atom stereocenters. The number of nitrogens with zero attached hydrogens (tertiary/aromatic N) is 3. The maximum Gasteiger partial charge on any atom is 0.323 e. The van der Waals surface area contributed by atoms with Crippen molar-refractivity contribution in [1.29, 1.82) is 0 Å². The minimum Gasteiger partial charge on any atom is -0.351 e. The van der Waals surface area contributed by atoms with Gasteiger partial charge in [-0.25, -0.2) is 9.48 Å². The summed E-state index contributed by atoms with van der Waals surface area (Å²) in [6.07, 6.45) is 3.59. The third kappa shape index (κ3) is 4.24. The summed E-state index contributed by atoms with van der Waals surface area (Å²) in [6.45, 7) is 5.06. The highest BCUT2D eigenvalue weighted by Gasteiger charge is 2.34. The number of anilines is 1. The molecule has 2 aliphatic rings. The average Bonchev–Trinajstić information content (AvgIpc) is 2.80. The van der Waals surface area contributed by atoms with Gasteiger partial charge in [0.1, 0.15) is 5.82 Å². The number of halogens is 1. The summed E-state index contributed by atoms with van der Waals surface area (Å²) in [7, 11) is 0. The molecule has 2 saturated heterocycles. The molecule has 2 bridgehead atoms. The van der Waals surface area contributed by atoms with Crippen molar-refractivity contribution in [2.45, 2.75) is 45.6 Å². The average molecular weight is 418 g/mol. The molecule has 156 valence electrons. The normalized spacial score (nSPS) is 21.0. The summed E-state index contributed by atoms with van der Waals surface area (Å²) >= 11 is 0. The first kappa shape index (κ1) is 21.2. The Hall–Kier alpha value is -2.54. The molecule has 2 fully saturated rings. The molecule has 3 heterocycles. The third-order valence-corrected chi connectivity index (χ3v) is 5.77. The van der Waals surface area contributed by atoms with Gasteiger partial charge < -0.3 is 10.2 Å². The number of hydrogen-bond acceptors (Lipinski definition) is 3. The molecule has 0 spiro atoms. The van der Waals surface area contributed by atoms with Gasteiger partial charge in [0, 0.05) is 24.7 Å². The molecule has 1 aromatic carbocycles. The van der Waals surface area contributed by atoms with Gasteiger partial charge in [-0.05, 0) is 38.3 Å². The molecular weight excluding hydrogens is 390 g/mol. The van der Waals surface area contributed by atoms with Gasteiger partial charge in [-0.3, -0.25) is 10.1 Å². The molecule has 0 radical (unpaired) electrons. The number of likely N-dealkylation sites (tertiary alicyclic amines) is 1. The Balaban J connectivity index is 0.00000240. The van der Waals surface area contributed by atoms with Crippen LogP contribution in [-0.4, -0.2) is 45.8 Å². The van der Waals surface area contributed by atoms with E-state index in [9.17, 15) is 9.59 Å². The van der Waals surface area contributed by atoms with E-state index in [1.807, 2.05) is 37.3 Å². The van der Waals surface area contributed by atoms with E-state index in [0.717, 1.165) is 42.6 Å². The third-order valence-electron chi connectivity index (χ3n) is 5.77. The second-order valence-corrected chi connectivity index (χ2v) is 7.69. The zero-order valence-corrected chi connectivity index (χ0v) is 17.7. The van der Waals surface area contributed by atoms with Gasteiger partial charge in [0.15, 0.2) is 0 Å². The van der Waals surface area contributed by atoms with Crippen molar-refractivity contribution in [2.24, 2.45) is 5.92 Å². The zero-order valence-electron chi connectivity index (χ0n) is 16.9. The van der Waals surface area contributed by atoms with Crippen molar-refractivity contribution >= 4 is 30.2 Å². The SMILES string of the molecule is CCc1nn(-c2ccccc2)c(NC(=O)N2C[C@@H]3CCC[C@H](C2)C(=O)N3)c1C.Cl. The van der Waals surface area contributed by atoms with Gasteiger partial charge in [0.25, 0.3) is 0 Å². The van der Waals surface area contributed by atoms with Crippen LogP contribution in [0.4, 0.5) is 10.6 Å². The fourth-order valence-corrected chi connectivity index (χ4v) is 4.18. The number of fused-ring (bicyclic) bond motifs is 3. The molecule has 0 saturated carbocycles. The predicted octanol–water partition coefficient (Wildman–Crippen LogP) is 3.30. The van der Waals surface area contributed by atoms with E-state index >= 15 is 0 Å². The first-order valence-corrected chi connectivity index (χ1v) is 10.1. The van der Waals surface area contributed by atoms with Crippen molar-refractivity contribution in [3.8, 4) is 5.69 Å². The van der Waals surface area contributed by atoms with E-state index < -0.39 is 0 Å². The van der Waals surface area contributed by atoms with Crippen LogP contribution < -0.4 is 10.6 Å². The summed E-state index contributed by atoms with van der Waals surface area (Å²) in [5.41, 5.74) is 2.85. The van der Waals surface area contributed by atoms with Gasteiger partial charge in [-0.1, -0.05) is 31.5 Å². The number of rotatable bonds is 3. The second kappa shape index (κ2) is 8.86. The standard InChI is InChI=1S/C21H27N5O2.ClH/c1-3-18-14(2)19(26(24-18)17-10-5-4-6-11-17)23-21(28)25-12-15-8-7-9-16(13-25)22-20(15)27;/h4-6,10-11,15-16H,3,7-9,12-13H2,1-2H3,(H,22,27)(H,23,28);1H/t15-,16+;/m1./s1. The van der Waals surface area contributed by atoms with Crippen LogP contribution in [0.2, 0.25) is 0 Å². The van der Waals surface area contributed by atoms with Crippen molar-refractivity contribution < 1.29 is 9.59 Å². The number of aromatic nitrogens is 2. The van der Waals surface area contributed by atoms with Crippen molar-refractivity contribution in [1.82, 2.24) is 20.0 Å². The summed E-state index contributed by atoms with van der Waals surface area (Å²) in [5, 5.41) is 10.9. The molecule has 1 aromatic heterocycles. The van der Waals surface area contributed by atoms with E-state index in [1.165, 1.54) is 0 Å². The Morgan fingerprint density at radius 1 is 1.24 bits per heavy atom. The van der Waals surface area contributed by atoms with Crippen molar-refractivity contribution in [2.75, 3.05) is 18.4 Å². The van der Waals surface area contributed by atoms with Crippen molar-refractivity contribution in [3.63, 3.8) is 0 Å². The van der Waals surface area contributed by atoms with Crippen LogP contribution in [0.3, 0.4) is 0 Å². The van der Waals surface area contributed by atoms with E-state index in [1.54, 1.807) is 9.58 Å². The summed E-state index contributed by atoms with van der Waals surface area (Å²) in [4.78, 5) is 27.2. The number of hydrogen-bond donors (Lipinski definition) is 2. The van der Waals surface area contributed by atoms with Gasteiger partial charge in [0.05, 0.1) is 17.3 Å². The van der Waals surface area contributed by atoms with E-state index in [0.29, 0.717) is 18.9 Å². The fourth-order valence-electron chi connectivity index (χ4n) is 4.18. The van der Waals surface area contributed by atoms with Gasteiger partial charge in [0.2, 0.25) is 5.91 Å². The predicted molar refractivity (Wildman–Crippen MR) is 115 cm³/mol. The molecule has 2 aromatic rings. The fraction of sp³-hybridized carbons (Fsp3) is 0.476. The summed E-state index contributed by atoms with van der Waals surface area (Å²) in [6, 6.07) is 9.68. The highest BCUT2D eigenvalue weighted by atomic mass is 35.5. The van der Waals surface area contributed by atoms with Crippen LogP contribution in [0.1, 0.15) is 37.4 Å². The second-order valence-electron chi connectivity index (χ2n) is 7.69. The van der Waals surface area contributed by atoms with Crippen LogP contribution >= 0.6 is 12.4 Å². The lowest BCUT2D eigenvalue weighted by Crippen LogP contribution is -2.43. The summed E-state index contributed by atoms with van der Waals surface area (Å²) < 4.78 is 1.80. The monoisotopic (exact) mass is 417 g/mol. The Morgan fingerprint density at radius 2 is 2.00 bits per heavy atom. The molecule has 2 N–H and O–H groups in total. The number of aryl methyl sites for hydroxylation is 1. The summed E-state index contributed by atoms with van der Waals surface area (Å²) in [5.74, 6) is 0.655. The van der Waals surface area contributed by atoms with Gasteiger partial charge in [-0.15, -0.1) is 12.4 Å². The maximum absolute atomic E-state index is 13.1. The molecule has 4 rings (SSSR count). The smallest absolute Gasteiger partial charge is 0.323 e. The highest BCUT2D eigenvalue weighted by molar-refractivity contribution is 5.91. The number of carbonyl (C=O) groups excluding carboxylic acids is 2. The largest absolute Gasteiger partial charge is 0.351 e. The molecular formula is C21H28ClN5O2. The number of carbonyl (C=O) groups is 2. The zero-order chi connectivity index (χ0) is 19.7. The van der Waals surface area contributed by atoms with Crippen LogP contribution in [-0.2, 0) is 11.2 Å². The maximum atomic E-state index is 13.1. The molecule has 3 amide bonds. The van der Waals surface area contributed by atoms with Crippen LogP contribution in [0.15, 0.2) is 30.3 Å². The van der Waals surface area contributed by atoms with E-state index in [2.05, 4.69) is 17.6 Å². The number of benzene rings is 1. The first-order valence-electron chi connectivity index (χ1n) is 10.1. The lowest BCUT2D eigenvalue weighted by Gasteiger charge is -2.27. The molecule has 0 unspecified atom stereocenters. The number of nitrogens with one attached hydrogen (secondary N) is 2. The number of urea groups is 1. The Kier molecular flexibility index (Phi) is 6.47. The van der Waals surface area contributed by atoms with E-state index in [4.69, 9.17) is 5.10 Å². The highest BCUT2D eigenvalue weighted by Crippen LogP contribution is 2.26. The Morgan fingerprint density at radius 3 is 2.72 bits per heavy atom. The van der Waals surface area contributed by atoms with E-state index in [-0.39, 0.29) is 36.3 Å². The molecule has 7 nitrogen and oxygen atoms in total. The Bertz CT molecular complexity index is 883. The quantitative estimate of drug-likeness (QED) is 0.804. The molecule has 8 heteroatoms. The van der Waals surface area contributed by atoms with Gasteiger partial charge in [-0.2, -0.15) is 5.10 Å². The molecule has 29 heavy (non-hydrogen) atoms. The van der Waals surface area contributed by atoms with Crippen molar-refractivity contribution in [3.05, 3.63) is 41.6 Å². The minimum absolute atomic E-state index is 0. The Labute approximate surface area is 177 Å². The first-order chi connectivity index (χ1) is 13.6. The number of para-hydroxylation sites is 1. The van der Waals surface area contributed by atoms with Gasteiger partial charge >= 0.3 is 6.03 Å². The molecule has 0 aliphatic carbocycles.